The molecule has 0 aliphatic heterocycles. The first-order valence-electron chi connectivity index (χ1n) is 7.00. The number of ether oxygens (including phenoxy) is 1. The molecule has 0 aromatic carbocycles. The van der Waals surface area contributed by atoms with Crippen LogP contribution in [0.15, 0.2) is 12.2 Å². The predicted molar refractivity (Wildman–Crippen MR) is 68.3 cm³/mol. The van der Waals surface area contributed by atoms with Crippen LogP contribution in [0.4, 0.5) is 13.2 Å². The first-order valence-corrected chi connectivity index (χ1v) is 7.00. The summed E-state index contributed by atoms with van der Waals surface area (Å²) in [6.45, 7) is 0.219. The van der Waals surface area contributed by atoms with E-state index in [4.69, 9.17) is 14.9 Å². The van der Waals surface area contributed by atoms with E-state index in [2.05, 4.69) is 0 Å². The van der Waals surface area contributed by atoms with E-state index >= 15 is 0 Å². The van der Waals surface area contributed by atoms with Gasteiger partial charge in [-0.05, 0) is 31.6 Å². The minimum absolute atomic E-state index is 0.0763. The van der Waals surface area contributed by atoms with Crippen LogP contribution in [0.1, 0.15) is 26.2 Å². The van der Waals surface area contributed by atoms with Gasteiger partial charge in [0.2, 0.25) is 0 Å². The normalized spacial score (nSPS) is 30.4. The molecular formula is C14H19F3O5. The number of carbonyl (C=O) groups excluding carboxylic acids is 1. The molecule has 0 saturated heterocycles. The zero-order chi connectivity index (χ0) is 16.8. The van der Waals surface area contributed by atoms with E-state index in [1.54, 1.807) is 0 Å². The standard InChI is InChI=1S/C14H19F3O5/c1-12(19,6-13(20,21)14(15,16)17)7-22-11(18)10-5-8-2-3-9(10)4-8/h2-3,8-10,19-21H,4-7H2,1H3. The smallest absolute Gasteiger partial charge is 0.442 e. The third kappa shape index (κ3) is 3.61. The minimum Gasteiger partial charge on any atom is -0.462 e. The summed E-state index contributed by atoms with van der Waals surface area (Å²) in [4.78, 5) is 11.9. The van der Waals surface area contributed by atoms with Crippen LogP contribution >= 0.6 is 0 Å². The lowest BCUT2D eigenvalue weighted by Crippen LogP contribution is -2.52. The van der Waals surface area contributed by atoms with Gasteiger partial charge < -0.3 is 20.1 Å². The SMILES string of the molecule is CC(O)(COC(=O)C1CC2C=CC1C2)CC(O)(O)C(F)(F)F. The molecule has 126 valence electrons. The number of halogens is 3. The second-order valence-corrected chi connectivity index (χ2v) is 6.48. The molecule has 0 heterocycles. The highest BCUT2D eigenvalue weighted by atomic mass is 19.4. The Bertz CT molecular complexity index is 470. The maximum Gasteiger partial charge on any atom is 0.442 e. The van der Waals surface area contributed by atoms with E-state index in [0.29, 0.717) is 12.3 Å². The van der Waals surface area contributed by atoms with Gasteiger partial charge in [0.25, 0.3) is 5.79 Å². The van der Waals surface area contributed by atoms with Crippen molar-refractivity contribution in [1.82, 2.24) is 0 Å². The number of hydrogen-bond acceptors (Lipinski definition) is 5. The molecule has 8 heteroatoms. The molecule has 0 spiro atoms. The van der Waals surface area contributed by atoms with E-state index < -0.39 is 36.6 Å². The van der Waals surface area contributed by atoms with Gasteiger partial charge in [0.1, 0.15) is 12.2 Å². The Morgan fingerprint density at radius 3 is 2.32 bits per heavy atom. The molecule has 0 amide bonds. The van der Waals surface area contributed by atoms with Crippen molar-refractivity contribution in [3.8, 4) is 0 Å². The molecule has 0 aromatic rings. The van der Waals surface area contributed by atoms with Crippen LogP contribution in [0.3, 0.4) is 0 Å². The Hall–Kier alpha value is -1.12. The van der Waals surface area contributed by atoms with E-state index in [0.717, 1.165) is 13.3 Å². The lowest BCUT2D eigenvalue weighted by Gasteiger charge is -2.32. The highest BCUT2D eigenvalue weighted by molar-refractivity contribution is 5.74. The second kappa shape index (κ2) is 5.50. The molecule has 5 nitrogen and oxygen atoms in total. The topological polar surface area (TPSA) is 87.0 Å². The number of rotatable bonds is 5. The zero-order valence-corrected chi connectivity index (χ0v) is 12.0. The van der Waals surface area contributed by atoms with E-state index in [9.17, 15) is 23.1 Å². The van der Waals surface area contributed by atoms with E-state index in [1.807, 2.05) is 12.2 Å². The monoisotopic (exact) mass is 324 g/mol. The van der Waals surface area contributed by atoms with Gasteiger partial charge in [-0.25, -0.2) is 0 Å². The van der Waals surface area contributed by atoms with Crippen LogP contribution in [0.2, 0.25) is 0 Å². The molecule has 2 rings (SSSR count). The van der Waals surface area contributed by atoms with Crippen LogP contribution in [0.25, 0.3) is 0 Å². The van der Waals surface area contributed by atoms with Gasteiger partial charge in [0.15, 0.2) is 0 Å². The fourth-order valence-corrected chi connectivity index (χ4v) is 3.07. The summed E-state index contributed by atoms with van der Waals surface area (Å²) in [5.41, 5.74) is -2.21. The molecule has 2 aliphatic carbocycles. The van der Waals surface area contributed by atoms with Crippen molar-refractivity contribution in [2.75, 3.05) is 6.61 Å². The number of esters is 1. The summed E-state index contributed by atoms with van der Waals surface area (Å²) < 4.78 is 42.0. The van der Waals surface area contributed by atoms with E-state index in [-0.39, 0.29) is 11.8 Å². The molecular weight excluding hydrogens is 305 g/mol. The minimum atomic E-state index is -5.31. The molecule has 0 aromatic heterocycles. The number of hydrogen-bond donors (Lipinski definition) is 3. The largest absolute Gasteiger partial charge is 0.462 e. The molecule has 2 aliphatic rings. The lowest BCUT2D eigenvalue weighted by atomic mass is 9.93. The average Bonchev–Trinajstić information content (AvgIpc) is 2.95. The van der Waals surface area contributed by atoms with Gasteiger partial charge in [-0.15, -0.1) is 0 Å². The quantitative estimate of drug-likeness (QED) is 0.401. The first-order chi connectivity index (χ1) is 9.91. The van der Waals surface area contributed by atoms with Crippen molar-refractivity contribution in [3.63, 3.8) is 0 Å². The average molecular weight is 324 g/mol. The fraction of sp³-hybridized carbons (Fsp3) is 0.786. The number of fused-ring (bicyclic) bond motifs is 2. The molecule has 22 heavy (non-hydrogen) atoms. The Labute approximate surface area is 125 Å². The summed E-state index contributed by atoms with van der Waals surface area (Å²) >= 11 is 0. The third-order valence-electron chi connectivity index (χ3n) is 4.19. The summed E-state index contributed by atoms with van der Waals surface area (Å²) in [5, 5.41) is 27.8. The Morgan fingerprint density at radius 2 is 1.86 bits per heavy atom. The van der Waals surface area contributed by atoms with Gasteiger partial charge in [-0.1, -0.05) is 12.2 Å². The third-order valence-corrected chi connectivity index (χ3v) is 4.19. The maximum absolute atomic E-state index is 12.4. The maximum atomic E-state index is 12.4. The Morgan fingerprint density at radius 1 is 1.23 bits per heavy atom. The Kier molecular flexibility index (Phi) is 4.31. The summed E-state index contributed by atoms with van der Waals surface area (Å²) in [6.07, 6.45) is -1.27. The van der Waals surface area contributed by atoms with Crippen molar-refractivity contribution in [3.05, 3.63) is 12.2 Å². The molecule has 3 N–H and O–H groups in total. The fourth-order valence-electron chi connectivity index (χ4n) is 3.07. The van der Waals surface area contributed by atoms with Crippen molar-refractivity contribution in [2.45, 2.75) is 43.8 Å². The lowest BCUT2D eigenvalue weighted by molar-refractivity contribution is -0.361. The molecule has 1 fully saturated rings. The number of carbonyl (C=O) groups is 1. The summed E-state index contributed by atoms with van der Waals surface area (Å²) in [5.74, 6) is -4.56. The second-order valence-electron chi connectivity index (χ2n) is 6.48. The predicted octanol–water partition coefficient (Wildman–Crippen LogP) is 1.13. The van der Waals surface area contributed by atoms with Crippen molar-refractivity contribution < 1.29 is 38.0 Å². The Balaban J connectivity index is 1.87. The molecule has 4 atom stereocenters. The number of alkyl halides is 3. The molecule has 2 bridgehead atoms. The van der Waals surface area contributed by atoms with Crippen molar-refractivity contribution >= 4 is 5.97 Å². The molecule has 1 saturated carbocycles. The van der Waals surface area contributed by atoms with Crippen molar-refractivity contribution in [1.29, 1.82) is 0 Å². The van der Waals surface area contributed by atoms with Gasteiger partial charge in [-0.3, -0.25) is 4.79 Å². The van der Waals surface area contributed by atoms with Gasteiger partial charge in [-0.2, -0.15) is 13.2 Å². The van der Waals surface area contributed by atoms with Crippen molar-refractivity contribution in [2.24, 2.45) is 17.8 Å². The van der Waals surface area contributed by atoms with Crippen LogP contribution in [-0.2, 0) is 9.53 Å². The van der Waals surface area contributed by atoms with Gasteiger partial charge in [0.05, 0.1) is 5.92 Å². The molecule has 4 unspecified atom stereocenters. The molecule has 0 radical (unpaired) electrons. The highest BCUT2D eigenvalue weighted by Crippen LogP contribution is 2.44. The zero-order valence-electron chi connectivity index (χ0n) is 12.0. The van der Waals surface area contributed by atoms with Gasteiger partial charge in [0, 0.05) is 6.42 Å². The highest BCUT2D eigenvalue weighted by Gasteiger charge is 2.56. The van der Waals surface area contributed by atoms with Crippen LogP contribution in [-0.4, -0.2) is 45.5 Å². The number of allylic oxidation sites excluding steroid dienone is 2. The summed E-state index contributed by atoms with van der Waals surface area (Å²) in [7, 11) is 0. The van der Waals surface area contributed by atoms with Crippen LogP contribution in [0.5, 0.6) is 0 Å². The summed E-state index contributed by atoms with van der Waals surface area (Å²) in [6, 6.07) is 0. The van der Waals surface area contributed by atoms with Crippen LogP contribution in [0, 0.1) is 17.8 Å². The van der Waals surface area contributed by atoms with Crippen LogP contribution < -0.4 is 0 Å². The van der Waals surface area contributed by atoms with Gasteiger partial charge >= 0.3 is 12.1 Å². The van der Waals surface area contributed by atoms with E-state index in [1.165, 1.54) is 0 Å². The first kappa shape index (κ1) is 17.2. The number of aliphatic hydroxyl groups is 3.